The summed E-state index contributed by atoms with van der Waals surface area (Å²) in [6.07, 6.45) is 0. The minimum atomic E-state index is -0.952. The molecule has 180 valence electrons. The van der Waals surface area contributed by atoms with Crippen LogP contribution in [0.4, 0.5) is 5.69 Å². The van der Waals surface area contributed by atoms with Gasteiger partial charge < -0.3 is 19.7 Å². The van der Waals surface area contributed by atoms with Gasteiger partial charge in [-0.05, 0) is 73.5 Å². The van der Waals surface area contributed by atoms with E-state index in [9.17, 15) is 19.8 Å². The van der Waals surface area contributed by atoms with E-state index in [1.807, 2.05) is 13.0 Å². The van der Waals surface area contributed by atoms with Crippen LogP contribution in [0.3, 0.4) is 0 Å². The number of carbonyl (C=O) groups excluding carboxylic acids is 2. The van der Waals surface area contributed by atoms with Crippen molar-refractivity contribution in [1.29, 1.82) is 0 Å². The van der Waals surface area contributed by atoms with Crippen molar-refractivity contribution in [2.75, 3.05) is 18.6 Å². The van der Waals surface area contributed by atoms with Crippen LogP contribution in [0.1, 0.15) is 29.7 Å². The van der Waals surface area contributed by atoms with Gasteiger partial charge in [0.1, 0.15) is 11.5 Å². The second-order valence-electron chi connectivity index (χ2n) is 7.99. The molecule has 0 unspecified atom stereocenters. The molecular weight excluding hydrogens is 514 g/mol. The second kappa shape index (κ2) is 9.84. The fourth-order valence-corrected chi connectivity index (χ4v) is 4.39. The number of ketones is 1. The first-order chi connectivity index (χ1) is 16.8. The van der Waals surface area contributed by atoms with Crippen molar-refractivity contribution in [3.05, 3.63) is 87.4 Å². The molecule has 4 rings (SSSR count). The van der Waals surface area contributed by atoms with E-state index in [4.69, 9.17) is 9.47 Å². The lowest BCUT2D eigenvalue weighted by Crippen LogP contribution is -2.29. The summed E-state index contributed by atoms with van der Waals surface area (Å²) < 4.78 is 11.5. The molecule has 3 aromatic carbocycles. The van der Waals surface area contributed by atoms with Crippen LogP contribution in [-0.2, 0) is 9.59 Å². The molecule has 8 heteroatoms. The Morgan fingerprint density at radius 3 is 2.40 bits per heavy atom. The number of aliphatic hydroxyl groups is 1. The maximum atomic E-state index is 13.3. The van der Waals surface area contributed by atoms with Crippen LogP contribution >= 0.6 is 15.9 Å². The first-order valence-electron chi connectivity index (χ1n) is 10.9. The zero-order valence-electron chi connectivity index (χ0n) is 19.4. The van der Waals surface area contributed by atoms with Gasteiger partial charge in [0.15, 0.2) is 11.5 Å². The number of aliphatic hydroxyl groups excluding tert-OH is 1. The Bertz CT molecular complexity index is 1330. The quantitative estimate of drug-likeness (QED) is 0.245. The predicted octanol–water partition coefficient (Wildman–Crippen LogP) is 5.50. The molecule has 0 radical (unpaired) electrons. The average Bonchev–Trinajstić information content (AvgIpc) is 3.12. The van der Waals surface area contributed by atoms with Crippen LogP contribution in [0.2, 0.25) is 0 Å². The largest absolute Gasteiger partial charge is 0.507 e. The standard InChI is InChI=1S/C27H24BrNO6/c1-4-35-22-13-17(8-12-21(22)30)24-23(25(31)16-6-10-19(34-3)11-7-16)26(32)27(33)29(24)18-9-5-15(2)20(28)14-18/h5-14,24,30-31H,4H2,1-3H3/t24-/m1/s1. The van der Waals surface area contributed by atoms with E-state index in [-0.39, 0.29) is 22.8 Å². The van der Waals surface area contributed by atoms with Crippen molar-refractivity contribution in [2.24, 2.45) is 0 Å². The summed E-state index contributed by atoms with van der Waals surface area (Å²) in [6, 6.07) is 15.6. The van der Waals surface area contributed by atoms with Crippen molar-refractivity contribution in [1.82, 2.24) is 0 Å². The highest BCUT2D eigenvalue weighted by atomic mass is 79.9. The third kappa shape index (κ3) is 4.49. The number of rotatable bonds is 6. The smallest absolute Gasteiger partial charge is 0.300 e. The number of amides is 1. The Morgan fingerprint density at radius 2 is 1.77 bits per heavy atom. The molecule has 1 saturated heterocycles. The number of Topliss-reactive ketones (excluding diaryl/α,β-unsaturated/α-hetero) is 1. The van der Waals surface area contributed by atoms with Crippen LogP contribution in [0, 0.1) is 6.92 Å². The first kappa shape index (κ1) is 24.3. The van der Waals surface area contributed by atoms with Crippen LogP contribution in [0.15, 0.2) is 70.7 Å². The third-order valence-corrected chi connectivity index (χ3v) is 6.70. The van der Waals surface area contributed by atoms with Crippen molar-refractivity contribution in [3.63, 3.8) is 0 Å². The number of nitrogens with zero attached hydrogens (tertiary/aromatic N) is 1. The first-order valence-corrected chi connectivity index (χ1v) is 11.7. The SMILES string of the molecule is CCOc1cc([C@@H]2C(=C(O)c3ccc(OC)cc3)C(=O)C(=O)N2c2ccc(C)c(Br)c2)ccc1O. The van der Waals surface area contributed by atoms with Gasteiger partial charge in [-0.2, -0.15) is 0 Å². The molecule has 1 amide bonds. The van der Waals surface area contributed by atoms with Gasteiger partial charge in [-0.15, -0.1) is 0 Å². The fourth-order valence-electron chi connectivity index (χ4n) is 4.02. The summed E-state index contributed by atoms with van der Waals surface area (Å²) in [4.78, 5) is 28.0. The highest BCUT2D eigenvalue weighted by molar-refractivity contribution is 9.10. The molecule has 1 aliphatic heterocycles. The third-order valence-electron chi connectivity index (χ3n) is 5.84. The van der Waals surface area contributed by atoms with Gasteiger partial charge in [0.05, 0.1) is 25.3 Å². The molecule has 1 atom stereocenters. The highest BCUT2D eigenvalue weighted by Gasteiger charge is 2.47. The number of hydrogen-bond donors (Lipinski definition) is 2. The Hall–Kier alpha value is -3.78. The van der Waals surface area contributed by atoms with E-state index >= 15 is 0 Å². The zero-order chi connectivity index (χ0) is 25.3. The summed E-state index contributed by atoms with van der Waals surface area (Å²) in [5, 5.41) is 21.5. The molecule has 1 fully saturated rings. The van der Waals surface area contributed by atoms with Gasteiger partial charge >= 0.3 is 0 Å². The number of phenolic OH excluding ortho intramolecular Hbond substituents is 1. The molecule has 0 aromatic heterocycles. The van der Waals surface area contributed by atoms with Gasteiger partial charge in [0.25, 0.3) is 11.7 Å². The highest BCUT2D eigenvalue weighted by Crippen LogP contribution is 2.44. The van der Waals surface area contributed by atoms with Crippen LogP contribution in [0.5, 0.6) is 17.2 Å². The Morgan fingerprint density at radius 1 is 1.06 bits per heavy atom. The van der Waals surface area contributed by atoms with Crippen molar-refractivity contribution >= 4 is 39.1 Å². The van der Waals surface area contributed by atoms with Gasteiger partial charge in [0.2, 0.25) is 0 Å². The second-order valence-corrected chi connectivity index (χ2v) is 8.85. The number of aryl methyl sites for hydroxylation is 1. The number of phenols is 1. The molecule has 0 spiro atoms. The number of halogens is 1. The van der Waals surface area contributed by atoms with Crippen LogP contribution < -0.4 is 14.4 Å². The topological polar surface area (TPSA) is 96.3 Å². The van der Waals surface area contributed by atoms with Gasteiger partial charge in [-0.3, -0.25) is 14.5 Å². The lowest BCUT2D eigenvalue weighted by atomic mass is 9.94. The van der Waals surface area contributed by atoms with Gasteiger partial charge in [0, 0.05) is 15.7 Å². The van der Waals surface area contributed by atoms with E-state index in [2.05, 4.69) is 15.9 Å². The monoisotopic (exact) mass is 537 g/mol. The average molecular weight is 538 g/mol. The number of hydrogen-bond acceptors (Lipinski definition) is 6. The van der Waals surface area contributed by atoms with Crippen LogP contribution in [0.25, 0.3) is 5.76 Å². The predicted molar refractivity (Wildman–Crippen MR) is 136 cm³/mol. The molecule has 1 aliphatic rings. The molecule has 35 heavy (non-hydrogen) atoms. The molecule has 0 aliphatic carbocycles. The molecule has 2 N–H and O–H groups in total. The van der Waals surface area contributed by atoms with E-state index in [1.165, 1.54) is 18.1 Å². The zero-order valence-corrected chi connectivity index (χ0v) is 21.0. The lowest BCUT2D eigenvalue weighted by molar-refractivity contribution is -0.132. The Balaban J connectivity index is 1.95. The fraction of sp³-hybridized carbons (Fsp3) is 0.185. The lowest BCUT2D eigenvalue weighted by Gasteiger charge is -2.26. The molecule has 0 bridgehead atoms. The summed E-state index contributed by atoms with van der Waals surface area (Å²) >= 11 is 3.49. The van der Waals surface area contributed by atoms with Crippen LogP contribution in [-0.4, -0.2) is 35.6 Å². The summed E-state index contributed by atoms with van der Waals surface area (Å²) in [5.41, 5.74) is 2.24. The van der Waals surface area contributed by atoms with E-state index < -0.39 is 17.7 Å². The van der Waals surface area contributed by atoms with Gasteiger partial charge in [-0.25, -0.2) is 0 Å². The van der Waals surface area contributed by atoms with E-state index in [0.717, 1.165) is 10.0 Å². The van der Waals surface area contributed by atoms with E-state index in [0.29, 0.717) is 29.2 Å². The van der Waals surface area contributed by atoms with Gasteiger partial charge in [-0.1, -0.05) is 28.1 Å². The number of aromatic hydroxyl groups is 1. The number of benzene rings is 3. The number of carbonyl (C=O) groups is 2. The number of ether oxygens (including phenoxy) is 2. The Labute approximate surface area is 211 Å². The molecule has 0 saturated carbocycles. The summed E-state index contributed by atoms with van der Waals surface area (Å²) in [6.45, 7) is 4.01. The number of methoxy groups -OCH3 is 1. The Kier molecular flexibility index (Phi) is 6.84. The van der Waals surface area contributed by atoms with Crippen molar-refractivity contribution < 1.29 is 29.3 Å². The molecule has 3 aromatic rings. The molecule has 7 nitrogen and oxygen atoms in total. The molecular formula is C27H24BrNO6. The number of anilines is 1. The summed E-state index contributed by atoms with van der Waals surface area (Å²) in [7, 11) is 1.53. The summed E-state index contributed by atoms with van der Waals surface area (Å²) in [5.74, 6) is -1.16. The van der Waals surface area contributed by atoms with E-state index in [1.54, 1.807) is 55.5 Å². The minimum Gasteiger partial charge on any atom is -0.507 e. The maximum absolute atomic E-state index is 13.3. The van der Waals surface area contributed by atoms with Crippen molar-refractivity contribution in [2.45, 2.75) is 19.9 Å². The molecule has 1 heterocycles. The van der Waals surface area contributed by atoms with Crippen molar-refractivity contribution in [3.8, 4) is 17.2 Å². The maximum Gasteiger partial charge on any atom is 0.300 e. The normalized spacial score (nSPS) is 17.0. The minimum absolute atomic E-state index is 0.0648.